The molecule has 4 heteroatoms. The van der Waals surface area contributed by atoms with Gasteiger partial charge in [-0.15, -0.1) is 12.3 Å². The molecule has 0 radical (unpaired) electrons. The average Bonchev–Trinajstić information content (AvgIpc) is 2.22. The van der Waals surface area contributed by atoms with Crippen LogP contribution < -0.4 is 5.73 Å². The van der Waals surface area contributed by atoms with Gasteiger partial charge in [-0.1, -0.05) is 0 Å². The Morgan fingerprint density at radius 1 is 1.67 bits per heavy atom. The highest BCUT2D eigenvalue weighted by Crippen LogP contribution is 2.08. The zero-order chi connectivity index (χ0) is 11.3. The van der Waals surface area contributed by atoms with Gasteiger partial charge in [0, 0.05) is 22.8 Å². The summed E-state index contributed by atoms with van der Waals surface area (Å²) in [7, 11) is 0. The van der Waals surface area contributed by atoms with Crippen LogP contribution in [0.25, 0.3) is 0 Å². The topological polar surface area (TPSA) is 56.0 Å². The van der Waals surface area contributed by atoms with Crippen molar-refractivity contribution in [3.63, 3.8) is 0 Å². The molecule has 1 aromatic rings. The Balaban J connectivity index is 2.59. The molecule has 1 aromatic heterocycles. The molecule has 0 aliphatic heterocycles. The fourth-order valence-electron chi connectivity index (χ4n) is 1.06. The first-order valence-corrected chi connectivity index (χ1v) is 5.25. The van der Waals surface area contributed by atoms with Crippen LogP contribution in [-0.4, -0.2) is 16.8 Å². The number of carbonyl (C=O) groups excluding carboxylic acids is 1. The molecule has 0 spiro atoms. The standard InChI is InChI=1S/C11H11BrN2O/c1-2-3-10(13)11(15)6-9-5-4-8(12)7-14-9/h1,4-5,7,10H,3,6,13H2. The summed E-state index contributed by atoms with van der Waals surface area (Å²) in [6.07, 6.45) is 7.23. The molecule has 0 aromatic carbocycles. The SMILES string of the molecule is C#CCC(N)C(=O)Cc1ccc(Br)cn1. The third-order valence-corrected chi connectivity index (χ3v) is 2.36. The maximum atomic E-state index is 11.5. The largest absolute Gasteiger partial charge is 0.321 e. The van der Waals surface area contributed by atoms with Gasteiger partial charge in [0.1, 0.15) is 0 Å². The maximum Gasteiger partial charge on any atom is 0.156 e. The predicted molar refractivity (Wildman–Crippen MR) is 62.1 cm³/mol. The van der Waals surface area contributed by atoms with Crippen molar-refractivity contribution >= 4 is 21.7 Å². The number of ketones is 1. The number of hydrogen-bond acceptors (Lipinski definition) is 3. The van der Waals surface area contributed by atoms with E-state index in [1.807, 2.05) is 6.07 Å². The third-order valence-electron chi connectivity index (χ3n) is 1.90. The van der Waals surface area contributed by atoms with Crippen molar-refractivity contribution in [2.24, 2.45) is 5.73 Å². The van der Waals surface area contributed by atoms with E-state index in [0.29, 0.717) is 5.69 Å². The van der Waals surface area contributed by atoms with E-state index < -0.39 is 6.04 Å². The summed E-state index contributed by atoms with van der Waals surface area (Å²) < 4.78 is 0.881. The molecule has 2 N–H and O–H groups in total. The number of halogens is 1. The Morgan fingerprint density at radius 2 is 2.40 bits per heavy atom. The Labute approximate surface area is 97.2 Å². The van der Waals surface area contributed by atoms with Gasteiger partial charge in [0.15, 0.2) is 5.78 Å². The highest BCUT2D eigenvalue weighted by Gasteiger charge is 2.13. The number of pyridine rings is 1. The van der Waals surface area contributed by atoms with Crippen molar-refractivity contribution in [2.45, 2.75) is 18.9 Å². The molecule has 0 fully saturated rings. The number of hydrogen-bond donors (Lipinski definition) is 1. The van der Waals surface area contributed by atoms with Gasteiger partial charge in [-0.25, -0.2) is 0 Å². The Morgan fingerprint density at radius 3 is 2.93 bits per heavy atom. The second kappa shape index (κ2) is 5.64. The Hall–Kier alpha value is -1.18. The van der Waals surface area contributed by atoms with Crippen molar-refractivity contribution in [3.05, 3.63) is 28.5 Å². The predicted octanol–water partition coefficient (Wildman–Crippen LogP) is 1.31. The summed E-state index contributed by atoms with van der Waals surface area (Å²) in [5.74, 6) is 2.29. The van der Waals surface area contributed by atoms with Crippen LogP contribution in [-0.2, 0) is 11.2 Å². The number of nitrogens with zero attached hydrogens (tertiary/aromatic N) is 1. The summed E-state index contributed by atoms with van der Waals surface area (Å²) in [5.41, 5.74) is 6.28. The minimum atomic E-state index is -0.583. The monoisotopic (exact) mass is 266 g/mol. The van der Waals surface area contributed by atoms with Crippen LogP contribution in [0.1, 0.15) is 12.1 Å². The van der Waals surface area contributed by atoms with Crippen molar-refractivity contribution in [3.8, 4) is 12.3 Å². The molecule has 1 rings (SSSR count). The summed E-state index contributed by atoms with van der Waals surface area (Å²) in [6, 6.07) is 3.04. The first kappa shape index (κ1) is 11.9. The molecule has 0 amide bonds. The first-order chi connectivity index (χ1) is 7.13. The fourth-order valence-corrected chi connectivity index (χ4v) is 1.30. The zero-order valence-electron chi connectivity index (χ0n) is 8.11. The Kier molecular flexibility index (Phi) is 4.47. The van der Waals surface area contributed by atoms with E-state index in [9.17, 15) is 4.79 Å². The summed E-state index contributed by atoms with van der Waals surface area (Å²) in [6.45, 7) is 0. The van der Waals surface area contributed by atoms with E-state index in [1.54, 1.807) is 12.3 Å². The van der Waals surface area contributed by atoms with Crippen LogP contribution in [0.5, 0.6) is 0 Å². The number of terminal acetylenes is 1. The summed E-state index contributed by atoms with van der Waals surface area (Å²) in [4.78, 5) is 15.6. The van der Waals surface area contributed by atoms with Crippen molar-refractivity contribution in [1.82, 2.24) is 4.98 Å². The lowest BCUT2D eigenvalue weighted by atomic mass is 10.1. The molecule has 0 aliphatic rings. The molecular weight excluding hydrogens is 256 g/mol. The zero-order valence-corrected chi connectivity index (χ0v) is 9.70. The number of Topliss-reactive ketones (excluding diaryl/α,β-unsaturated/α-hetero) is 1. The van der Waals surface area contributed by atoms with E-state index in [2.05, 4.69) is 26.8 Å². The molecule has 78 valence electrons. The molecule has 15 heavy (non-hydrogen) atoms. The summed E-state index contributed by atoms with van der Waals surface area (Å²) in [5, 5.41) is 0. The molecular formula is C11H11BrN2O. The Bertz CT molecular complexity index is 381. The second-order valence-electron chi connectivity index (χ2n) is 3.13. The lowest BCUT2D eigenvalue weighted by Gasteiger charge is -2.06. The van der Waals surface area contributed by atoms with Crippen LogP contribution >= 0.6 is 15.9 Å². The minimum absolute atomic E-state index is 0.0808. The normalized spacial score (nSPS) is 11.8. The van der Waals surface area contributed by atoms with E-state index in [-0.39, 0.29) is 18.6 Å². The van der Waals surface area contributed by atoms with Crippen LogP contribution in [0.3, 0.4) is 0 Å². The van der Waals surface area contributed by atoms with Crippen molar-refractivity contribution in [1.29, 1.82) is 0 Å². The van der Waals surface area contributed by atoms with Crippen molar-refractivity contribution < 1.29 is 4.79 Å². The second-order valence-corrected chi connectivity index (χ2v) is 4.04. The number of nitrogens with two attached hydrogens (primary N) is 1. The quantitative estimate of drug-likeness (QED) is 0.837. The highest BCUT2D eigenvalue weighted by molar-refractivity contribution is 9.10. The fraction of sp³-hybridized carbons (Fsp3) is 0.273. The molecule has 0 bridgehead atoms. The van der Waals surface area contributed by atoms with Crippen LogP contribution in [0.15, 0.2) is 22.8 Å². The van der Waals surface area contributed by atoms with Crippen LogP contribution in [0.4, 0.5) is 0 Å². The van der Waals surface area contributed by atoms with Gasteiger partial charge < -0.3 is 5.73 Å². The molecule has 3 nitrogen and oxygen atoms in total. The number of carbonyl (C=O) groups is 1. The van der Waals surface area contributed by atoms with Gasteiger partial charge in [-0.3, -0.25) is 9.78 Å². The van der Waals surface area contributed by atoms with E-state index in [1.165, 1.54) is 0 Å². The van der Waals surface area contributed by atoms with E-state index in [0.717, 1.165) is 4.47 Å². The van der Waals surface area contributed by atoms with Gasteiger partial charge in [0.2, 0.25) is 0 Å². The molecule has 0 saturated heterocycles. The lowest BCUT2D eigenvalue weighted by molar-refractivity contribution is -0.119. The average molecular weight is 267 g/mol. The van der Waals surface area contributed by atoms with Crippen LogP contribution in [0, 0.1) is 12.3 Å². The smallest absolute Gasteiger partial charge is 0.156 e. The van der Waals surface area contributed by atoms with Gasteiger partial charge in [0.25, 0.3) is 0 Å². The highest BCUT2D eigenvalue weighted by atomic mass is 79.9. The van der Waals surface area contributed by atoms with Gasteiger partial charge >= 0.3 is 0 Å². The minimum Gasteiger partial charge on any atom is -0.321 e. The van der Waals surface area contributed by atoms with Crippen molar-refractivity contribution in [2.75, 3.05) is 0 Å². The lowest BCUT2D eigenvalue weighted by Crippen LogP contribution is -2.31. The van der Waals surface area contributed by atoms with Gasteiger partial charge in [0.05, 0.1) is 12.5 Å². The molecule has 0 aliphatic carbocycles. The number of rotatable bonds is 4. The molecule has 1 unspecified atom stereocenters. The van der Waals surface area contributed by atoms with Crippen LogP contribution in [0.2, 0.25) is 0 Å². The molecule has 1 heterocycles. The molecule has 1 atom stereocenters. The maximum absolute atomic E-state index is 11.5. The first-order valence-electron chi connectivity index (χ1n) is 4.45. The molecule has 0 saturated carbocycles. The number of aromatic nitrogens is 1. The third kappa shape index (κ3) is 3.82. The van der Waals surface area contributed by atoms with Gasteiger partial charge in [-0.05, 0) is 28.1 Å². The van der Waals surface area contributed by atoms with E-state index in [4.69, 9.17) is 12.2 Å². The van der Waals surface area contributed by atoms with Gasteiger partial charge in [-0.2, -0.15) is 0 Å². The summed E-state index contributed by atoms with van der Waals surface area (Å²) >= 11 is 3.27. The van der Waals surface area contributed by atoms with E-state index >= 15 is 0 Å².